The first kappa shape index (κ1) is 24.2. The molecule has 3 rings (SSSR count). The lowest BCUT2D eigenvalue weighted by Gasteiger charge is -2.45. The van der Waals surface area contributed by atoms with Gasteiger partial charge in [-0.1, -0.05) is 17.7 Å². The summed E-state index contributed by atoms with van der Waals surface area (Å²) < 4.78 is 16.7. The normalized spacial score (nSPS) is 22.2. The quantitative estimate of drug-likeness (QED) is 0.109. The third-order valence-electron chi connectivity index (χ3n) is 5.17. The van der Waals surface area contributed by atoms with E-state index in [1.54, 1.807) is 37.4 Å². The molecule has 2 aromatic rings. The van der Waals surface area contributed by atoms with Crippen LogP contribution in [0.4, 0.5) is 11.4 Å². The van der Waals surface area contributed by atoms with Gasteiger partial charge in [0.2, 0.25) is 5.96 Å². The van der Waals surface area contributed by atoms with E-state index in [-0.39, 0.29) is 23.0 Å². The van der Waals surface area contributed by atoms with Gasteiger partial charge in [-0.2, -0.15) is 5.26 Å². The zero-order valence-corrected chi connectivity index (χ0v) is 18.7. The Bertz CT molecular complexity index is 1100. The van der Waals surface area contributed by atoms with Crippen LogP contribution in [-0.2, 0) is 9.47 Å². The first-order valence-corrected chi connectivity index (χ1v) is 10.1. The SMILES string of the molecule is COC(OC)[C@]1(C)Oc2ccc([N+](=O)[O-])cc2[C@@H](N=C(NC#N)Nc2cccc(Cl)c2)[C@@H]1O. The number of aliphatic imine (C=N–C) groups is 1. The van der Waals surface area contributed by atoms with Crippen molar-refractivity contribution in [3.8, 4) is 11.9 Å². The summed E-state index contributed by atoms with van der Waals surface area (Å²) in [4.78, 5) is 15.3. The van der Waals surface area contributed by atoms with Crippen molar-refractivity contribution in [1.82, 2.24) is 5.32 Å². The Labute approximate surface area is 194 Å². The molecule has 1 heterocycles. The highest BCUT2D eigenvalue weighted by atomic mass is 35.5. The summed E-state index contributed by atoms with van der Waals surface area (Å²) in [5.41, 5.74) is -0.861. The Morgan fingerprint density at radius 3 is 2.70 bits per heavy atom. The monoisotopic (exact) mass is 475 g/mol. The smallest absolute Gasteiger partial charge is 0.270 e. The van der Waals surface area contributed by atoms with Crippen LogP contribution in [0.2, 0.25) is 5.02 Å². The van der Waals surface area contributed by atoms with Gasteiger partial charge < -0.3 is 24.6 Å². The molecule has 174 valence electrons. The number of non-ortho nitro benzene ring substituents is 1. The number of nitrogens with zero attached hydrogens (tertiary/aromatic N) is 3. The molecule has 0 unspecified atom stereocenters. The molecule has 0 aromatic heterocycles. The fraction of sp³-hybridized carbons (Fsp3) is 0.333. The maximum atomic E-state index is 11.3. The molecule has 0 aliphatic carbocycles. The molecule has 0 radical (unpaired) electrons. The molecule has 0 spiro atoms. The molecule has 2 aromatic carbocycles. The fourth-order valence-electron chi connectivity index (χ4n) is 3.64. The highest BCUT2D eigenvalue weighted by molar-refractivity contribution is 6.30. The van der Waals surface area contributed by atoms with Crippen molar-refractivity contribution in [3.05, 3.63) is 63.2 Å². The van der Waals surface area contributed by atoms with Gasteiger partial charge >= 0.3 is 0 Å². The number of hydrogen-bond donors (Lipinski definition) is 3. The van der Waals surface area contributed by atoms with E-state index in [1.165, 1.54) is 32.4 Å². The zero-order chi connectivity index (χ0) is 24.2. The minimum Gasteiger partial charge on any atom is -0.479 e. The topological polar surface area (TPSA) is 151 Å². The van der Waals surface area contributed by atoms with Gasteiger partial charge in [0.05, 0.1) is 4.92 Å². The van der Waals surface area contributed by atoms with Crippen molar-refractivity contribution < 1.29 is 24.2 Å². The lowest BCUT2D eigenvalue weighted by Crippen LogP contribution is -2.59. The predicted molar refractivity (Wildman–Crippen MR) is 120 cm³/mol. The number of rotatable bonds is 6. The molecule has 33 heavy (non-hydrogen) atoms. The number of hydrogen-bond acceptors (Lipinski definition) is 8. The highest BCUT2D eigenvalue weighted by Gasteiger charge is 2.52. The summed E-state index contributed by atoms with van der Waals surface area (Å²) >= 11 is 6.03. The molecule has 12 heteroatoms. The molecule has 0 amide bonds. The number of anilines is 1. The van der Waals surface area contributed by atoms with Crippen molar-refractivity contribution in [3.63, 3.8) is 0 Å². The van der Waals surface area contributed by atoms with Crippen LogP contribution in [-0.4, -0.2) is 48.2 Å². The number of nitriles is 1. The summed E-state index contributed by atoms with van der Waals surface area (Å²) in [7, 11) is 2.78. The number of ether oxygens (including phenoxy) is 3. The van der Waals surface area contributed by atoms with Gasteiger partial charge in [-0.05, 0) is 31.2 Å². The van der Waals surface area contributed by atoms with Crippen LogP contribution in [0.15, 0.2) is 47.5 Å². The van der Waals surface area contributed by atoms with Crippen LogP contribution in [0.1, 0.15) is 18.5 Å². The summed E-state index contributed by atoms with van der Waals surface area (Å²) in [5.74, 6) is 0.234. The second kappa shape index (κ2) is 10.0. The molecule has 1 aliphatic rings. The molecule has 1 aliphatic heterocycles. The Kier molecular flexibility index (Phi) is 7.35. The van der Waals surface area contributed by atoms with Crippen molar-refractivity contribution in [2.75, 3.05) is 19.5 Å². The van der Waals surface area contributed by atoms with Crippen molar-refractivity contribution in [1.29, 1.82) is 5.26 Å². The van der Waals surface area contributed by atoms with E-state index in [0.717, 1.165) is 0 Å². The maximum Gasteiger partial charge on any atom is 0.270 e. The molecule has 0 saturated carbocycles. The van der Waals surface area contributed by atoms with Crippen LogP contribution < -0.4 is 15.4 Å². The van der Waals surface area contributed by atoms with E-state index >= 15 is 0 Å². The number of guanidine groups is 1. The van der Waals surface area contributed by atoms with E-state index in [4.69, 9.17) is 25.8 Å². The number of methoxy groups -OCH3 is 2. The lowest BCUT2D eigenvalue weighted by molar-refractivity contribution is -0.385. The van der Waals surface area contributed by atoms with Gasteiger partial charge in [0.15, 0.2) is 18.1 Å². The summed E-state index contributed by atoms with van der Waals surface area (Å²) in [6.45, 7) is 1.57. The standard InChI is InChI=1S/C21H22ClN5O6/c1-21(19(31-2)32-3)18(28)17(15-10-14(27(29)30)7-8-16(15)33-21)26-20(24-11-23)25-13-6-4-5-12(22)9-13/h4-10,17-19,28H,1-3H3,(H2,24,25,26)/t17-,18+,21-/m1/s1. The molecule has 0 bridgehead atoms. The van der Waals surface area contributed by atoms with Crippen LogP contribution in [0.25, 0.3) is 0 Å². The minimum absolute atomic E-state index is 0.0168. The van der Waals surface area contributed by atoms with Crippen LogP contribution in [0.5, 0.6) is 5.75 Å². The Balaban J connectivity index is 2.13. The van der Waals surface area contributed by atoms with E-state index < -0.39 is 29.0 Å². The lowest BCUT2D eigenvalue weighted by atomic mass is 9.84. The second-order valence-electron chi connectivity index (χ2n) is 7.31. The first-order valence-electron chi connectivity index (χ1n) is 9.70. The number of fused-ring (bicyclic) bond motifs is 1. The Morgan fingerprint density at radius 2 is 2.09 bits per heavy atom. The van der Waals surface area contributed by atoms with Gasteiger partial charge in [-0.25, -0.2) is 4.99 Å². The number of aliphatic hydroxyl groups is 1. The zero-order valence-electron chi connectivity index (χ0n) is 18.0. The Morgan fingerprint density at radius 1 is 1.36 bits per heavy atom. The number of benzene rings is 2. The van der Waals surface area contributed by atoms with E-state index in [2.05, 4.69) is 15.6 Å². The number of halogens is 1. The largest absolute Gasteiger partial charge is 0.479 e. The summed E-state index contributed by atoms with van der Waals surface area (Å²) in [6, 6.07) is 9.59. The van der Waals surface area contributed by atoms with E-state index in [1.807, 2.05) is 0 Å². The van der Waals surface area contributed by atoms with Crippen molar-refractivity contribution in [2.45, 2.75) is 31.0 Å². The van der Waals surface area contributed by atoms with Crippen LogP contribution >= 0.6 is 11.6 Å². The number of nitro groups is 1. The molecule has 0 saturated heterocycles. The van der Waals surface area contributed by atoms with Gasteiger partial charge in [0.25, 0.3) is 5.69 Å². The fourth-order valence-corrected chi connectivity index (χ4v) is 3.83. The van der Waals surface area contributed by atoms with E-state index in [0.29, 0.717) is 10.7 Å². The summed E-state index contributed by atoms with van der Waals surface area (Å²) in [6.07, 6.45) is -0.600. The van der Waals surface area contributed by atoms with Crippen LogP contribution in [0.3, 0.4) is 0 Å². The minimum atomic E-state index is -1.44. The van der Waals surface area contributed by atoms with E-state index in [9.17, 15) is 20.5 Å². The molecule has 11 nitrogen and oxygen atoms in total. The first-order chi connectivity index (χ1) is 15.7. The molecular weight excluding hydrogens is 454 g/mol. The summed E-state index contributed by atoms with van der Waals surface area (Å²) in [5, 5.41) is 37.7. The highest BCUT2D eigenvalue weighted by Crippen LogP contribution is 2.45. The van der Waals surface area contributed by atoms with Crippen molar-refractivity contribution >= 4 is 28.9 Å². The van der Waals surface area contributed by atoms with Gasteiger partial charge in [-0.3, -0.25) is 15.4 Å². The molecule has 3 atom stereocenters. The molecule has 3 N–H and O–H groups in total. The number of aliphatic hydroxyl groups excluding tert-OH is 1. The average molecular weight is 476 g/mol. The average Bonchev–Trinajstić information content (AvgIpc) is 2.77. The predicted octanol–water partition coefficient (Wildman–Crippen LogP) is 2.96. The van der Waals surface area contributed by atoms with Crippen molar-refractivity contribution in [2.24, 2.45) is 4.99 Å². The number of nitro benzene ring substituents is 1. The van der Waals surface area contributed by atoms with Gasteiger partial charge in [0, 0.05) is 42.6 Å². The third kappa shape index (κ3) is 4.99. The van der Waals surface area contributed by atoms with Gasteiger partial charge in [-0.15, -0.1) is 0 Å². The van der Waals surface area contributed by atoms with Gasteiger partial charge in [0.1, 0.15) is 17.9 Å². The Hall–Kier alpha value is -3.43. The molecular formula is C21H22ClN5O6. The second-order valence-corrected chi connectivity index (χ2v) is 7.74. The van der Waals surface area contributed by atoms with Crippen LogP contribution in [0, 0.1) is 21.6 Å². The number of nitrogens with one attached hydrogen (secondary N) is 2. The maximum absolute atomic E-state index is 11.3. The third-order valence-corrected chi connectivity index (χ3v) is 5.40. The molecule has 0 fully saturated rings.